The average Bonchev–Trinajstić information content (AvgIpc) is 2.47. The highest BCUT2D eigenvalue weighted by atomic mass is 79.9. The number of rotatable bonds is 2. The van der Waals surface area contributed by atoms with Gasteiger partial charge in [0.1, 0.15) is 5.82 Å². The van der Waals surface area contributed by atoms with Crippen LogP contribution in [0.5, 0.6) is 0 Å². The zero-order valence-electron chi connectivity index (χ0n) is 11.3. The van der Waals surface area contributed by atoms with Crippen molar-refractivity contribution in [2.45, 2.75) is 6.04 Å². The van der Waals surface area contributed by atoms with Gasteiger partial charge in [-0.15, -0.1) is 0 Å². The zero-order valence-corrected chi connectivity index (χ0v) is 12.9. The maximum atomic E-state index is 14.1. The fourth-order valence-corrected chi connectivity index (χ4v) is 3.36. The highest BCUT2D eigenvalue weighted by molar-refractivity contribution is 9.10. The summed E-state index contributed by atoms with van der Waals surface area (Å²) in [6.07, 6.45) is 0. The van der Waals surface area contributed by atoms with E-state index >= 15 is 0 Å². The number of nitrogens with zero attached hydrogens (tertiary/aromatic N) is 1. The van der Waals surface area contributed by atoms with Crippen LogP contribution in [-0.4, -0.2) is 19.6 Å². The minimum Gasteiger partial charge on any atom is -0.365 e. The number of anilines is 1. The minimum atomic E-state index is -0.571. The summed E-state index contributed by atoms with van der Waals surface area (Å²) < 4.78 is 27.8. The topological polar surface area (TPSA) is 15.3 Å². The van der Waals surface area contributed by atoms with E-state index in [0.29, 0.717) is 23.2 Å². The third-order valence-corrected chi connectivity index (χ3v) is 4.28. The van der Waals surface area contributed by atoms with Crippen LogP contribution >= 0.6 is 15.9 Å². The second-order valence-electron chi connectivity index (χ2n) is 5.08. The molecule has 1 aliphatic rings. The number of hydrogen-bond donors (Lipinski definition) is 1. The fraction of sp³-hybridized carbons (Fsp3) is 0.250. The third-order valence-electron chi connectivity index (χ3n) is 3.68. The van der Waals surface area contributed by atoms with E-state index in [1.807, 2.05) is 23.1 Å². The summed E-state index contributed by atoms with van der Waals surface area (Å²) >= 11 is 3.27. The second kappa shape index (κ2) is 6.12. The van der Waals surface area contributed by atoms with Crippen molar-refractivity contribution in [1.82, 2.24) is 5.32 Å². The number of benzene rings is 2. The maximum absolute atomic E-state index is 14.1. The molecule has 1 heterocycles. The molecular formula is C16H15BrF2N2. The molecule has 1 aliphatic heterocycles. The molecule has 0 aromatic heterocycles. The fourth-order valence-electron chi connectivity index (χ4n) is 2.70. The number of hydrogen-bond acceptors (Lipinski definition) is 2. The Morgan fingerprint density at radius 2 is 1.90 bits per heavy atom. The molecule has 0 saturated carbocycles. The molecule has 1 atom stereocenters. The monoisotopic (exact) mass is 352 g/mol. The molecule has 3 rings (SSSR count). The molecule has 2 aromatic rings. The van der Waals surface area contributed by atoms with Gasteiger partial charge in [0.05, 0.1) is 5.69 Å². The Labute approximate surface area is 130 Å². The van der Waals surface area contributed by atoms with Crippen LogP contribution < -0.4 is 10.2 Å². The summed E-state index contributed by atoms with van der Waals surface area (Å²) in [6, 6.07) is 12.4. The predicted molar refractivity (Wildman–Crippen MR) is 83.5 cm³/mol. The van der Waals surface area contributed by atoms with Gasteiger partial charge in [-0.2, -0.15) is 0 Å². The van der Waals surface area contributed by atoms with Gasteiger partial charge in [-0.05, 0) is 27.6 Å². The maximum Gasteiger partial charge on any atom is 0.150 e. The van der Waals surface area contributed by atoms with E-state index in [0.717, 1.165) is 12.6 Å². The summed E-state index contributed by atoms with van der Waals surface area (Å²) in [4.78, 5) is 1.95. The van der Waals surface area contributed by atoms with Crippen molar-refractivity contribution in [3.05, 3.63) is 64.1 Å². The van der Waals surface area contributed by atoms with E-state index in [2.05, 4.69) is 33.4 Å². The molecule has 0 bridgehead atoms. The molecule has 2 nitrogen and oxygen atoms in total. The molecule has 5 heteroatoms. The van der Waals surface area contributed by atoms with Crippen LogP contribution in [0.2, 0.25) is 0 Å². The van der Waals surface area contributed by atoms with E-state index in [1.54, 1.807) is 0 Å². The van der Waals surface area contributed by atoms with Crippen LogP contribution in [0.3, 0.4) is 0 Å². The lowest BCUT2D eigenvalue weighted by Gasteiger charge is -2.36. The summed E-state index contributed by atoms with van der Waals surface area (Å²) in [5, 5.41) is 3.43. The minimum absolute atomic E-state index is 0.135. The standard InChI is InChI=1S/C16H15BrF2N2/c17-13-8-12(18)9-14(19)16(13)21-7-6-20-15(10-21)11-4-2-1-3-5-11/h1-5,8-9,15,20H,6-7,10H2. The highest BCUT2D eigenvalue weighted by Gasteiger charge is 2.24. The van der Waals surface area contributed by atoms with Crippen molar-refractivity contribution in [2.75, 3.05) is 24.5 Å². The number of piperazine rings is 1. The first-order valence-corrected chi connectivity index (χ1v) is 7.62. The van der Waals surface area contributed by atoms with Crippen molar-refractivity contribution >= 4 is 21.6 Å². The van der Waals surface area contributed by atoms with E-state index in [-0.39, 0.29) is 6.04 Å². The number of nitrogens with one attached hydrogen (secondary N) is 1. The lowest BCUT2D eigenvalue weighted by atomic mass is 10.0. The summed E-state index contributed by atoms with van der Waals surface area (Å²) in [5.41, 5.74) is 1.60. The van der Waals surface area contributed by atoms with Gasteiger partial charge >= 0.3 is 0 Å². The first-order valence-electron chi connectivity index (χ1n) is 6.83. The van der Waals surface area contributed by atoms with Crippen LogP contribution in [0.25, 0.3) is 0 Å². The molecule has 1 fully saturated rings. The third kappa shape index (κ3) is 3.09. The largest absolute Gasteiger partial charge is 0.365 e. The summed E-state index contributed by atoms with van der Waals surface area (Å²) in [5.74, 6) is -1.10. The van der Waals surface area contributed by atoms with Gasteiger partial charge in [0.2, 0.25) is 0 Å². The Hall–Kier alpha value is -1.46. The van der Waals surface area contributed by atoms with Crippen LogP contribution in [0, 0.1) is 11.6 Å². The molecule has 0 amide bonds. The van der Waals surface area contributed by atoms with Crippen molar-refractivity contribution in [3.63, 3.8) is 0 Å². The molecule has 110 valence electrons. The lowest BCUT2D eigenvalue weighted by molar-refractivity contribution is 0.465. The molecule has 0 spiro atoms. The van der Waals surface area contributed by atoms with Gasteiger partial charge in [-0.1, -0.05) is 30.3 Å². The quantitative estimate of drug-likeness (QED) is 0.882. The first kappa shape index (κ1) is 14.5. The van der Waals surface area contributed by atoms with Gasteiger partial charge < -0.3 is 10.2 Å². The summed E-state index contributed by atoms with van der Waals surface area (Å²) in [7, 11) is 0. The average molecular weight is 353 g/mol. The lowest BCUT2D eigenvalue weighted by Crippen LogP contribution is -2.46. The van der Waals surface area contributed by atoms with Gasteiger partial charge in [-0.3, -0.25) is 0 Å². The molecular weight excluding hydrogens is 338 g/mol. The molecule has 2 aromatic carbocycles. The van der Waals surface area contributed by atoms with Crippen LogP contribution in [-0.2, 0) is 0 Å². The molecule has 1 unspecified atom stereocenters. The van der Waals surface area contributed by atoms with E-state index < -0.39 is 11.6 Å². The van der Waals surface area contributed by atoms with Crippen molar-refractivity contribution < 1.29 is 8.78 Å². The van der Waals surface area contributed by atoms with Crippen LogP contribution in [0.15, 0.2) is 46.9 Å². The smallest absolute Gasteiger partial charge is 0.150 e. The van der Waals surface area contributed by atoms with E-state index in [9.17, 15) is 8.78 Å². The van der Waals surface area contributed by atoms with Gasteiger partial charge in [-0.25, -0.2) is 8.78 Å². The highest BCUT2D eigenvalue weighted by Crippen LogP contribution is 2.32. The van der Waals surface area contributed by atoms with Gasteiger partial charge in [0.15, 0.2) is 5.82 Å². The Morgan fingerprint density at radius 3 is 2.62 bits per heavy atom. The second-order valence-corrected chi connectivity index (χ2v) is 5.94. The molecule has 0 aliphatic carbocycles. The molecule has 1 N–H and O–H groups in total. The Balaban J connectivity index is 1.87. The van der Waals surface area contributed by atoms with Crippen molar-refractivity contribution in [3.8, 4) is 0 Å². The Kier molecular flexibility index (Phi) is 4.22. The molecule has 1 saturated heterocycles. The molecule has 0 radical (unpaired) electrons. The summed E-state index contributed by atoms with van der Waals surface area (Å²) in [6.45, 7) is 2.08. The van der Waals surface area contributed by atoms with Crippen molar-refractivity contribution in [2.24, 2.45) is 0 Å². The van der Waals surface area contributed by atoms with Crippen LogP contribution in [0.4, 0.5) is 14.5 Å². The number of halogens is 3. The normalized spacial score (nSPS) is 18.8. The van der Waals surface area contributed by atoms with Gasteiger partial charge in [0, 0.05) is 36.2 Å². The zero-order chi connectivity index (χ0) is 14.8. The molecule has 21 heavy (non-hydrogen) atoms. The Morgan fingerprint density at radius 1 is 1.14 bits per heavy atom. The van der Waals surface area contributed by atoms with E-state index in [4.69, 9.17) is 0 Å². The SMILES string of the molecule is Fc1cc(F)c(N2CCNC(c3ccccc3)C2)c(Br)c1. The predicted octanol–water partition coefficient (Wildman–Crippen LogP) is 3.88. The van der Waals surface area contributed by atoms with Crippen molar-refractivity contribution in [1.29, 1.82) is 0 Å². The Bertz CT molecular complexity index is 610. The van der Waals surface area contributed by atoms with Crippen LogP contribution in [0.1, 0.15) is 11.6 Å². The van der Waals surface area contributed by atoms with E-state index in [1.165, 1.54) is 11.6 Å². The van der Waals surface area contributed by atoms with Gasteiger partial charge in [0.25, 0.3) is 0 Å². The first-order chi connectivity index (χ1) is 10.1.